The first-order valence-corrected chi connectivity index (χ1v) is 10.0. The molecule has 0 aliphatic carbocycles. The largest absolute Gasteiger partial charge is 0.484 e. The molecule has 168 valence electrons. The van der Waals surface area contributed by atoms with Crippen LogP contribution in [0.5, 0.6) is 5.75 Å². The molecule has 1 aliphatic heterocycles. The zero-order valence-corrected chi connectivity index (χ0v) is 17.2. The van der Waals surface area contributed by atoms with E-state index in [9.17, 15) is 18.8 Å². The maximum absolute atomic E-state index is 13.5. The van der Waals surface area contributed by atoms with Crippen LogP contribution >= 0.6 is 0 Å². The summed E-state index contributed by atoms with van der Waals surface area (Å²) in [6.07, 6.45) is 3.35. The molecule has 1 aliphatic rings. The monoisotopic (exact) mass is 442 g/mol. The first-order chi connectivity index (χ1) is 15.5. The van der Waals surface area contributed by atoms with Crippen molar-refractivity contribution in [3.05, 3.63) is 59.9 Å². The minimum absolute atomic E-state index is 0.0728. The Labute approximate surface area is 184 Å². The van der Waals surface area contributed by atoms with E-state index in [1.807, 2.05) is 0 Å². The lowest BCUT2D eigenvalue weighted by molar-refractivity contribution is -0.136. The number of amides is 3. The van der Waals surface area contributed by atoms with Gasteiger partial charge in [-0.05, 0) is 54.8 Å². The number of ether oxygens (including phenoxy) is 2. The van der Waals surface area contributed by atoms with Crippen molar-refractivity contribution in [1.82, 2.24) is 10.7 Å². The second-order valence-corrected chi connectivity index (χ2v) is 6.93. The summed E-state index contributed by atoms with van der Waals surface area (Å²) >= 11 is 0. The number of nitrogens with zero attached hydrogens (tertiary/aromatic N) is 1. The van der Waals surface area contributed by atoms with Gasteiger partial charge in [0.1, 0.15) is 11.6 Å². The van der Waals surface area contributed by atoms with Crippen LogP contribution in [0.4, 0.5) is 10.1 Å². The highest BCUT2D eigenvalue weighted by atomic mass is 19.1. The van der Waals surface area contributed by atoms with E-state index in [1.165, 1.54) is 24.4 Å². The summed E-state index contributed by atoms with van der Waals surface area (Å²) in [6, 6.07) is 12.1. The number of hydrogen-bond donors (Lipinski definition) is 3. The highest BCUT2D eigenvalue weighted by Gasteiger charge is 2.16. The number of para-hydroxylation sites is 1. The Kier molecular flexibility index (Phi) is 8.27. The number of hydrogen-bond acceptors (Lipinski definition) is 6. The summed E-state index contributed by atoms with van der Waals surface area (Å²) in [4.78, 5) is 35.4. The topological polar surface area (TPSA) is 118 Å². The van der Waals surface area contributed by atoms with Gasteiger partial charge in [0.2, 0.25) is 0 Å². The molecule has 32 heavy (non-hydrogen) atoms. The van der Waals surface area contributed by atoms with Crippen LogP contribution in [0.2, 0.25) is 0 Å². The van der Waals surface area contributed by atoms with E-state index in [2.05, 4.69) is 21.2 Å². The van der Waals surface area contributed by atoms with Gasteiger partial charge in [0.25, 0.3) is 5.91 Å². The number of benzene rings is 2. The molecule has 0 unspecified atom stereocenters. The third-order valence-corrected chi connectivity index (χ3v) is 4.51. The van der Waals surface area contributed by atoms with Gasteiger partial charge in [-0.1, -0.05) is 12.1 Å². The zero-order valence-electron chi connectivity index (χ0n) is 17.2. The molecule has 1 saturated heterocycles. The van der Waals surface area contributed by atoms with Crippen LogP contribution in [0.1, 0.15) is 18.4 Å². The van der Waals surface area contributed by atoms with Gasteiger partial charge in [-0.3, -0.25) is 14.4 Å². The Morgan fingerprint density at radius 3 is 2.62 bits per heavy atom. The average Bonchev–Trinajstić information content (AvgIpc) is 3.32. The molecule has 9 nitrogen and oxygen atoms in total. The summed E-state index contributed by atoms with van der Waals surface area (Å²) in [7, 11) is 0. The number of anilines is 1. The molecule has 3 N–H and O–H groups in total. The number of carbonyl (C=O) groups excluding carboxylic acids is 3. The van der Waals surface area contributed by atoms with E-state index in [1.54, 1.807) is 24.3 Å². The fourth-order valence-electron chi connectivity index (χ4n) is 2.84. The van der Waals surface area contributed by atoms with Gasteiger partial charge >= 0.3 is 11.8 Å². The summed E-state index contributed by atoms with van der Waals surface area (Å²) < 4.78 is 24.4. The van der Waals surface area contributed by atoms with E-state index >= 15 is 0 Å². The van der Waals surface area contributed by atoms with Crippen LogP contribution in [-0.4, -0.2) is 49.8 Å². The van der Waals surface area contributed by atoms with Crippen LogP contribution in [0, 0.1) is 5.82 Å². The third-order valence-electron chi connectivity index (χ3n) is 4.51. The molecule has 1 fully saturated rings. The Bertz CT molecular complexity index is 975. The van der Waals surface area contributed by atoms with Gasteiger partial charge in [0.15, 0.2) is 6.61 Å². The molecule has 1 atom stereocenters. The second-order valence-electron chi connectivity index (χ2n) is 6.93. The van der Waals surface area contributed by atoms with Gasteiger partial charge in [0, 0.05) is 13.2 Å². The fourth-order valence-corrected chi connectivity index (χ4v) is 2.84. The second kappa shape index (κ2) is 11.6. The van der Waals surface area contributed by atoms with Gasteiger partial charge in [0.05, 0.1) is 18.0 Å². The van der Waals surface area contributed by atoms with E-state index in [0.717, 1.165) is 25.5 Å². The van der Waals surface area contributed by atoms with Gasteiger partial charge in [-0.15, -0.1) is 0 Å². The molecular weight excluding hydrogens is 419 g/mol. The van der Waals surface area contributed by atoms with Crippen molar-refractivity contribution in [2.24, 2.45) is 5.10 Å². The van der Waals surface area contributed by atoms with Crippen LogP contribution in [0.3, 0.4) is 0 Å². The predicted molar refractivity (Wildman–Crippen MR) is 115 cm³/mol. The van der Waals surface area contributed by atoms with Crippen molar-refractivity contribution in [1.29, 1.82) is 0 Å². The highest BCUT2D eigenvalue weighted by Crippen LogP contribution is 2.13. The Balaban J connectivity index is 1.38. The standard InChI is InChI=1S/C22H23FN4O5/c23-18-5-1-2-6-19(18)26-21(29)22(30)27-25-12-15-7-9-16(10-8-15)32-14-20(28)24-13-17-4-3-11-31-17/h1-2,5-10,12,17H,3-4,11,13-14H2,(H,24,28)(H,26,29)(H,27,30)/b25-12-/t17-/m0/s1. The molecule has 0 aromatic heterocycles. The van der Waals surface area contributed by atoms with E-state index in [4.69, 9.17) is 9.47 Å². The van der Waals surface area contributed by atoms with Crippen molar-refractivity contribution in [3.8, 4) is 5.75 Å². The van der Waals surface area contributed by atoms with E-state index in [0.29, 0.717) is 17.9 Å². The van der Waals surface area contributed by atoms with Crippen molar-refractivity contribution >= 4 is 29.6 Å². The quantitative estimate of drug-likeness (QED) is 0.326. The number of rotatable bonds is 8. The number of halogens is 1. The Hall–Kier alpha value is -3.79. The minimum Gasteiger partial charge on any atom is -0.484 e. The van der Waals surface area contributed by atoms with Crippen LogP contribution in [-0.2, 0) is 19.1 Å². The molecule has 3 amide bonds. The lowest BCUT2D eigenvalue weighted by atomic mass is 10.2. The molecule has 0 bridgehead atoms. The minimum atomic E-state index is -1.05. The molecule has 10 heteroatoms. The number of nitrogens with one attached hydrogen (secondary N) is 3. The summed E-state index contributed by atoms with van der Waals surface area (Å²) in [5.41, 5.74) is 2.58. The molecule has 3 rings (SSSR count). The Morgan fingerprint density at radius 2 is 1.91 bits per heavy atom. The third kappa shape index (κ3) is 7.17. The average molecular weight is 442 g/mol. The number of hydrazone groups is 1. The molecule has 0 saturated carbocycles. The van der Waals surface area contributed by atoms with Gasteiger partial charge in [-0.2, -0.15) is 5.10 Å². The normalized spacial score (nSPS) is 15.3. The van der Waals surface area contributed by atoms with Crippen LogP contribution < -0.4 is 20.8 Å². The maximum atomic E-state index is 13.5. The first-order valence-electron chi connectivity index (χ1n) is 10.0. The van der Waals surface area contributed by atoms with Gasteiger partial charge < -0.3 is 20.1 Å². The zero-order chi connectivity index (χ0) is 22.8. The number of carbonyl (C=O) groups is 3. The predicted octanol–water partition coefficient (Wildman–Crippen LogP) is 1.59. The molecule has 1 heterocycles. The molecular formula is C22H23FN4O5. The van der Waals surface area contributed by atoms with Crippen molar-refractivity contribution < 1.29 is 28.2 Å². The molecule has 2 aromatic carbocycles. The Morgan fingerprint density at radius 1 is 1.12 bits per heavy atom. The summed E-state index contributed by atoms with van der Waals surface area (Å²) in [6.45, 7) is 1.09. The lowest BCUT2D eigenvalue weighted by Crippen LogP contribution is -2.35. The fraction of sp³-hybridized carbons (Fsp3) is 0.273. The summed E-state index contributed by atoms with van der Waals surface area (Å²) in [5, 5.41) is 8.62. The summed E-state index contributed by atoms with van der Waals surface area (Å²) in [5.74, 6) is -2.49. The van der Waals surface area contributed by atoms with Crippen molar-refractivity contribution in [3.63, 3.8) is 0 Å². The maximum Gasteiger partial charge on any atom is 0.329 e. The van der Waals surface area contributed by atoms with Crippen molar-refractivity contribution in [2.75, 3.05) is 25.1 Å². The van der Waals surface area contributed by atoms with E-state index < -0.39 is 17.6 Å². The van der Waals surface area contributed by atoms with Crippen LogP contribution in [0.25, 0.3) is 0 Å². The first kappa shape index (κ1) is 22.9. The lowest BCUT2D eigenvalue weighted by Gasteiger charge is -2.11. The molecule has 0 radical (unpaired) electrons. The smallest absolute Gasteiger partial charge is 0.329 e. The van der Waals surface area contributed by atoms with E-state index in [-0.39, 0.29) is 24.3 Å². The molecule has 2 aromatic rings. The molecule has 0 spiro atoms. The van der Waals surface area contributed by atoms with Crippen LogP contribution in [0.15, 0.2) is 53.6 Å². The van der Waals surface area contributed by atoms with Gasteiger partial charge in [-0.25, -0.2) is 9.82 Å². The SMILES string of the molecule is O=C(COc1ccc(/C=N\NC(=O)C(=O)Nc2ccccc2F)cc1)NC[C@@H]1CCCO1. The van der Waals surface area contributed by atoms with Crippen molar-refractivity contribution in [2.45, 2.75) is 18.9 Å². The highest BCUT2D eigenvalue weighted by molar-refractivity contribution is 6.39.